The van der Waals surface area contributed by atoms with Crippen molar-refractivity contribution < 1.29 is 9.72 Å². The number of carbonyl (C=O) groups excluding carboxylic acids is 1. The zero-order chi connectivity index (χ0) is 11.4. The Bertz CT molecular complexity index is 385. The van der Waals surface area contributed by atoms with Crippen molar-refractivity contribution in [2.24, 2.45) is 0 Å². The first-order chi connectivity index (χ1) is 7.07. The summed E-state index contributed by atoms with van der Waals surface area (Å²) in [5, 5.41) is 19.2. The smallest absolute Gasteiger partial charge is 0.322 e. The molecule has 1 aromatic heterocycles. The molecule has 0 aromatic carbocycles. The Morgan fingerprint density at radius 1 is 1.67 bits per heavy atom. The van der Waals surface area contributed by atoms with E-state index in [0.717, 1.165) is 6.42 Å². The van der Waals surface area contributed by atoms with Crippen LogP contribution in [0, 0.1) is 17.0 Å². The highest BCUT2D eigenvalue weighted by Gasteiger charge is 2.26. The lowest BCUT2D eigenvalue weighted by Crippen LogP contribution is -2.25. The number of aryl methyl sites for hydroxylation is 1. The van der Waals surface area contributed by atoms with E-state index in [1.807, 2.05) is 6.92 Å². The summed E-state index contributed by atoms with van der Waals surface area (Å²) in [6.45, 7) is 3.87. The maximum atomic E-state index is 11.4. The molecule has 0 aliphatic heterocycles. The summed E-state index contributed by atoms with van der Waals surface area (Å²) < 4.78 is 0. The lowest BCUT2D eigenvalue weighted by Gasteiger charge is -1.99. The molecule has 0 spiro atoms. The Kier molecular flexibility index (Phi) is 3.37. The molecule has 0 aliphatic carbocycles. The van der Waals surface area contributed by atoms with Gasteiger partial charge in [0.25, 0.3) is 5.91 Å². The third kappa shape index (κ3) is 2.30. The summed E-state index contributed by atoms with van der Waals surface area (Å²) >= 11 is 0. The maximum absolute atomic E-state index is 11.4. The summed E-state index contributed by atoms with van der Waals surface area (Å²) in [5.74, 6) is -0.520. The van der Waals surface area contributed by atoms with Crippen LogP contribution in [-0.2, 0) is 0 Å². The van der Waals surface area contributed by atoms with Crippen LogP contribution in [0.1, 0.15) is 29.5 Å². The van der Waals surface area contributed by atoms with Crippen molar-refractivity contribution in [2.75, 3.05) is 6.54 Å². The molecule has 15 heavy (non-hydrogen) atoms. The lowest BCUT2D eigenvalue weighted by atomic mass is 10.3. The molecular weight excluding hydrogens is 200 g/mol. The topological polar surface area (TPSA) is 101 Å². The second-order valence-corrected chi connectivity index (χ2v) is 3.06. The second kappa shape index (κ2) is 4.54. The average Bonchev–Trinajstić information content (AvgIpc) is 2.56. The number of amides is 1. The zero-order valence-corrected chi connectivity index (χ0v) is 8.53. The van der Waals surface area contributed by atoms with Crippen LogP contribution in [0.2, 0.25) is 0 Å². The number of H-pyrrole nitrogens is 1. The van der Waals surface area contributed by atoms with Gasteiger partial charge in [-0.15, -0.1) is 0 Å². The summed E-state index contributed by atoms with van der Waals surface area (Å²) in [6.07, 6.45) is 0.767. The molecule has 0 bridgehead atoms. The molecule has 1 amide bonds. The number of aromatic nitrogens is 2. The highest BCUT2D eigenvalue weighted by atomic mass is 16.6. The summed E-state index contributed by atoms with van der Waals surface area (Å²) in [5.41, 5.74) is -0.142. The largest absolute Gasteiger partial charge is 0.350 e. The monoisotopic (exact) mass is 212 g/mol. The van der Waals surface area contributed by atoms with Crippen LogP contribution in [0.3, 0.4) is 0 Å². The molecule has 0 aliphatic rings. The highest BCUT2D eigenvalue weighted by Crippen LogP contribution is 2.19. The minimum absolute atomic E-state index is 0.161. The Morgan fingerprint density at radius 3 is 2.87 bits per heavy atom. The van der Waals surface area contributed by atoms with Gasteiger partial charge in [-0.2, -0.15) is 5.10 Å². The Hall–Kier alpha value is -1.92. The van der Waals surface area contributed by atoms with E-state index < -0.39 is 10.8 Å². The Balaban J connectivity index is 2.94. The fraction of sp³-hybridized carbons (Fsp3) is 0.500. The first-order valence-corrected chi connectivity index (χ1v) is 4.55. The molecule has 1 rings (SSSR count). The minimum Gasteiger partial charge on any atom is -0.350 e. The summed E-state index contributed by atoms with van der Waals surface area (Å²) in [4.78, 5) is 21.5. The highest BCUT2D eigenvalue weighted by molar-refractivity contribution is 5.96. The Morgan fingerprint density at radius 2 is 2.33 bits per heavy atom. The molecule has 0 radical (unpaired) electrons. The molecule has 1 aromatic rings. The molecule has 0 unspecified atom stereocenters. The lowest BCUT2D eigenvalue weighted by molar-refractivity contribution is -0.385. The molecule has 1 heterocycles. The predicted octanol–water partition coefficient (Wildman–Crippen LogP) is 0.766. The van der Waals surface area contributed by atoms with E-state index >= 15 is 0 Å². The standard InChI is InChI=1S/C8H12N4O3/c1-3-4-9-8(13)6-7(12(14)15)5(2)10-11-6/h3-4H2,1-2H3,(H,9,13)(H,10,11). The number of hydrogen-bond acceptors (Lipinski definition) is 4. The summed E-state index contributed by atoms with van der Waals surface area (Å²) in [6, 6.07) is 0. The number of hydrogen-bond donors (Lipinski definition) is 2. The van der Waals surface area contributed by atoms with Gasteiger partial charge in [-0.1, -0.05) is 6.92 Å². The van der Waals surface area contributed by atoms with E-state index in [2.05, 4.69) is 15.5 Å². The molecular formula is C8H12N4O3. The molecule has 7 nitrogen and oxygen atoms in total. The number of nitrogens with one attached hydrogen (secondary N) is 2. The van der Waals surface area contributed by atoms with Gasteiger partial charge in [-0.3, -0.25) is 20.0 Å². The van der Waals surface area contributed by atoms with E-state index in [1.165, 1.54) is 6.92 Å². The van der Waals surface area contributed by atoms with Crippen LogP contribution in [0.4, 0.5) is 5.69 Å². The van der Waals surface area contributed by atoms with Crippen molar-refractivity contribution in [2.45, 2.75) is 20.3 Å². The zero-order valence-electron chi connectivity index (χ0n) is 8.53. The van der Waals surface area contributed by atoms with Gasteiger partial charge in [-0.05, 0) is 13.3 Å². The van der Waals surface area contributed by atoms with Gasteiger partial charge in [0, 0.05) is 6.54 Å². The van der Waals surface area contributed by atoms with Gasteiger partial charge in [0.15, 0.2) is 0 Å². The van der Waals surface area contributed by atoms with Gasteiger partial charge in [-0.25, -0.2) is 0 Å². The SMILES string of the molecule is CCCNC(=O)c1n[nH]c(C)c1[N+](=O)[O-]. The van der Waals surface area contributed by atoms with Crippen LogP contribution in [0.25, 0.3) is 0 Å². The van der Waals surface area contributed by atoms with E-state index in [-0.39, 0.29) is 17.1 Å². The molecule has 0 saturated heterocycles. The van der Waals surface area contributed by atoms with E-state index in [4.69, 9.17) is 0 Å². The number of nitrogens with zero attached hydrogens (tertiary/aromatic N) is 2. The van der Waals surface area contributed by atoms with E-state index in [1.54, 1.807) is 0 Å². The van der Waals surface area contributed by atoms with Gasteiger partial charge in [0.1, 0.15) is 5.69 Å². The third-order valence-electron chi connectivity index (χ3n) is 1.85. The molecule has 82 valence electrons. The summed E-state index contributed by atoms with van der Waals surface area (Å²) in [7, 11) is 0. The van der Waals surface area contributed by atoms with Crippen LogP contribution < -0.4 is 5.32 Å². The number of rotatable bonds is 4. The molecule has 7 heteroatoms. The first-order valence-electron chi connectivity index (χ1n) is 4.55. The fourth-order valence-electron chi connectivity index (χ4n) is 1.13. The van der Waals surface area contributed by atoms with Gasteiger partial charge in [0.05, 0.1) is 4.92 Å². The van der Waals surface area contributed by atoms with Crippen molar-refractivity contribution in [1.82, 2.24) is 15.5 Å². The van der Waals surface area contributed by atoms with Gasteiger partial charge in [0.2, 0.25) is 5.69 Å². The van der Waals surface area contributed by atoms with Gasteiger partial charge < -0.3 is 5.32 Å². The predicted molar refractivity (Wildman–Crippen MR) is 52.6 cm³/mol. The van der Waals surface area contributed by atoms with Crippen LogP contribution in [0.15, 0.2) is 0 Å². The molecule has 0 fully saturated rings. The van der Waals surface area contributed by atoms with Crippen LogP contribution in [0.5, 0.6) is 0 Å². The quantitative estimate of drug-likeness (QED) is 0.568. The molecule has 2 N–H and O–H groups in total. The fourth-order valence-corrected chi connectivity index (χ4v) is 1.13. The molecule has 0 saturated carbocycles. The Labute approximate surface area is 86.0 Å². The second-order valence-electron chi connectivity index (χ2n) is 3.06. The third-order valence-corrected chi connectivity index (χ3v) is 1.85. The van der Waals surface area contributed by atoms with E-state index in [0.29, 0.717) is 6.54 Å². The van der Waals surface area contributed by atoms with E-state index in [9.17, 15) is 14.9 Å². The van der Waals surface area contributed by atoms with Gasteiger partial charge >= 0.3 is 5.69 Å². The maximum Gasteiger partial charge on any atom is 0.322 e. The van der Waals surface area contributed by atoms with Crippen molar-refractivity contribution in [1.29, 1.82) is 0 Å². The number of carbonyl (C=O) groups is 1. The number of aromatic amines is 1. The number of nitro groups is 1. The minimum atomic E-state index is -0.611. The van der Waals surface area contributed by atoms with Crippen LogP contribution in [-0.4, -0.2) is 27.6 Å². The normalized spacial score (nSPS) is 10.0. The van der Waals surface area contributed by atoms with Crippen molar-refractivity contribution in [3.8, 4) is 0 Å². The van der Waals surface area contributed by atoms with Crippen LogP contribution >= 0.6 is 0 Å². The van der Waals surface area contributed by atoms with Crippen molar-refractivity contribution in [3.05, 3.63) is 21.5 Å². The molecule has 0 atom stereocenters. The van der Waals surface area contributed by atoms with Crippen molar-refractivity contribution >= 4 is 11.6 Å². The average molecular weight is 212 g/mol. The first kappa shape index (κ1) is 11.2. The van der Waals surface area contributed by atoms with Crippen molar-refractivity contribution in [3.63, 3.8) is 0 Å².